The van der Waals surface area contributed by atoms with Crippen molar-refractivity contribution in [2.24, 2.45) is 0 Å². The number of hydrogen-bond donors (Lipinski definition) is 0. The number of carbonyl (C=O) groups excluding carboxylic acids is 2. The second-order valence-corrected chi connectivity index (χ2v) is 3.83. The molecule has 0 aliphatic rings. The van der Waals surface area contributed by atoms with Crippen LogP contribution in [0, 0.1) is 0 Å². The van der Waals surface area contributed by atoms with E-state index in [0.29, 0.717) is 12.8 Å². The summed E-state index contributed by atoms with van der Waals surface area (Å²) in [4.78, 5) is 22.5. The summed E-state index contributed by atoms with van der Waals surface area (Å²) in [6.07, 6.45) is 1.74. The molecule has 1 atom stereocenters. The largest absolute Gasteiger partial charge is 0.465 e. The molecule has 15 heavy (non-hydrogen) atoms. The first kappa shape index (κ1) is 14.2. The Morgan fingerprint density at radius 3 is 2.47 bits per heavy atom. The zero-order chi connectivity index (χ0) is 11.8. The highest BCUT2D eigenvalue weighted by molar-refractivity contribution is 6.41. The van der Waals surface area contributed by atoms with Gasteiger partial charge in [-0.3, -0.25) is 4.79 Å². The van der Waals surface area contributed by atoms with E-state index in [0.717, 1.165) is 12.0 Å². The molecule has 0 amide bonds. The van der Waals surface area contributed by atoms with Gasteiger partial charge in [-0.25, -0.2) is 4.79 Å². The van der Waals surface area contributed by atoms with E-state index in [4.69, 9.17) is 11.6 Å². The number of Topliss-reactive ketones (excluding diaryl/α,β-unsaturated/α-hetero) is 1. The Hall–Kier alpha value is -0.830. The summed E-state index contributed by atoms with van der Waals surface area (Å²) >= 11 is 5.63. The second kappa shape index (κ2) is 7.46. The van der Waals surface area contributed by atoms with Crippen LogP contribution in [0.5, 0.6) is 0 Å². The summed E-state index contributed by atoms with van der Waals surface area (Å²) in [6.45, 7) is 7.53. The highest BCUT2D eigenvalue weighted by Crippen LogP contribution is 2.09. The number of ketones is 1. The Kier molecular flexibility index (Phi) is 7.05. The zero-order valence-corrected chi connectivity index (χ0v) is 9.97. The van der Waals surface area contributed by atoms with Gasteiger partial charge < -0.3 is 4.74 Å². The number of allylic oxidation sites excluding steroid dienone is 1. The van der Waals surface area contributed by atoms with Gasteiger partial charge in [0, 0.05) is 6.42 Å². The predicted octanol–water partition coefficient (Wildman–Crippen LogP) is 2.47. The van der Waals surface area contributed by atoms with Gasteiger partial charge >= 0.3 is 5.97 Å². The molecule has 4 heteroatoms. The quantitative estimate of drug-likeness (QED) is 0.293. The topological polar surface area (TPSA) is 43.4 Å². The Bertz CT molecular complexity index is 248. The van der Waals surface area contributed by atoms with Gasteiger partial charge in [-0.15, -0.1) is 18.2 Å². The van der Waals surface area contributed by atoms with Crippen molar-refractivity contribution in [3.63, 3.8) is 0 Å². The minimum atomic E-state index is -1.16. The summed E-state index contributed by atoms with van der Waals surface area (Å²) in [5, 5.41) is -1.16. The maximum atomic E-state index is 11.4. The first-order valence-corrected chi connectivity index (χ1v) is 5.40. The fraction of sp³-hybridized carbons (Fsp3) is 0.636. The molecule has 0 aromatic heterocycles. The minimum Gasteiger partial charge on any atom is -0.465 e. The highest BCUT2D eigenvalue weighted by Gasteiger charge is 2.24. The highest BCUT2D eigenvalue weighted by atomic mass is 35.5. The van der Waals surface area contributed by atoms with E-state index in [1.807, 2.05) is 6.92 Å². The lowest BCUT2D eigenvalue weighted by atomic mass is 10.1. The van der Waals surface area contributed by atoms with Gasteiger partial charge in [0.25, 0.3) is 0 Å². The van der Waals surface area contributed by atoms with Crippen LogP contribution in [0.25, 0.3) is 0 Å². The van der Waals surface area contributed by atoms with Gasteiger partial charge in [-0.1, -0.05) is 5.57 Å². The average Bonchev–Trinajstić information content (AvgIpc) is 2.16. The number of hydrogen-bond acceptors (Lipinski definition) is 3. The summed E-state index contributed by atoms with van der Waals surface area (Å²) < 4.78 is 4.64. The Morgan fingerprint density at radius 2 is 2.00 bits per heavy atom. The first-order chi connectivity index (χ1) is 6.99. The molecule has 0 bridgehead atoms. The van der Waals surface area contributed by atoms with Crippen LogP contribution in [0.15, 0.2) is 12.2 Å². The molecule has 0 spiro atoms. The molecule has 0 radical (unpaired) electrons. The SMILES string of the molecule is C=C(C)CCCC(=O)[C@@H](Cl)C(=O)OCC. The fourth-order valence-corrected chi connectivity index (χ4v) is 1.21. The van der Waals surface area contributed by atoms with Crippen LogP contribution < -0.4 is 0 Å². The van der Waals surface area contributed by atoms with Crippen LogP contribution in [-0.2, 0) is 14.3 Å². The van der Waals surface area contributed by atoms with E-state index < -0.39 is 11.3 Å². The normalized spacial score (nSPS) is 11.9. The van der Waals surface area contributed by atoms with Gasteiger partial charge in [0.1, 0.15) is 0 Å². The molecule has 86 valence electrons. The van der Waals surface area contributed by atoms with Crippen molar-refractivity contribution in [3.8, 4) is 0 Å². The third-order valence-corrected chi connectivity index (χ3v) is 2.22. The van der Waals surface area contributed by atoms with Crippen molar-refractivity contribution in [2.75, 3.05) is 6.61 Å². The lowest BCUT2D eigenvalue weighted by Crippen LogP contribution is -2.26. The number of ether oxygens (including phenoxy) is 1. The number of halogens is 1. The van der Waals surface area contributed by atoms with E-state index in [-0.39, 0.29) is 12.4 Å². The van der Waals surface area contributed by atoms with Crippen LogP contribution >= 0.6 is 11.6 Å². The van der Waals surface area contributed by atoms with Crippen LogP contribution in [0.3, 0.4) is 0 Å². The maximum Gasteiger partial charge on any atom is 0.331 e. The smallest absolute Gasteiger partial charge is 0.331 e. The number of alkyl halides is 1. The van der Waals surface area contributed by atoms with Gasteiger partial charge in [0.2, 0.25) is 0 Å². The van der Waals surface area contributed by atoms with Crippen molar-refractivity contribution in [1.29, 1.82) is 0 Å². The van der Waals surface area contributed by atoms with Gasteiger partial charge in [-0.2, -0.15) is 0 Å². The summed E-state index contributed by atoms with van der Waals surface area (Å²) in [5.74, 6) is -0.934. The summed E-state index contributed by atoms with van der Waals surface area (Å²) in [6, 6.07) is 0. The van der Waals surface area contributed by atoms with Crippen molar-refractivity contribution in [1.82, 2.24) is 0 Å². The van der Waals surface area contributed by atoms with Gasteiger partial charge in [-0.05, 0) is 26.7 Å². The predicted molar refractivity (Wildman–Crippen MR) is 59.9 cm³/mol. The molecule has 0 rings (SSSR count). The van der Waals surface area contributed by atoms with Crippen molar-refractivity contribution in [3.05, 3.63) is 12.2 Å². The molecule has 0 saturated carbocycles. The minimum absolute atomic E-state index is 0.237. The van der Waals surface area contributed by atoms with Crippen LogP contribution in [0.1, 0.15) is 33.1 Å². The van der Waals surface area contributed by atoms with Crippen molar-refractivity contribution < 1.29 is 14.3 Å². The molecular formula is C11H17ClO3. The van der Waals surface area contributed by atoms with Crippen LogP contribution in [0.4, 0.5) is 0 Å². The van der Waals surface area contributed by atoms with Gasteiger partial charge in [0.05, 0.1) is 6.61 Å². The van der Waals surface area contributed by atoms with E-state index in [2.05, 4.69) is 11.3 Å². The third kappa shape index (κ3) is 6.28. The van der Waals surface area contributed by atoms with Gasteiger partial charge in [0.15, 0.2) is 11.2 Å². The monoisotopic (exact) mass is 232 g/mol. The molecule has 0 N–H and O–H groups in total. The molecule has 0 fully saturated rings. The Balaban J connectivity index is 3.88. The van der Waals surface area contributed by atoms with E-state index in [1.165, 1.54) is 0 Å². The van der Waals surface area contributed by atoms with Crippen molar-refractivity contribution >= 4 is 23.4 Å². The number of rotatable bonds is 7. The van der Waals surface area contributed by atoms with E-state index >= 15 is 0 Å². The lowest BCUT2D eigenvalue weighted by molar-refractivity contribution is -0.145. The molecule has 0 aromatic rings. The zero-order valence-electron chi connectivity index (χ0n) is 9.22. The van der Waals surface area contributed by atoms with Crippen LogP contribution in [0.2, 0.25) is 0 Å². The summed E-state index contributed by atoms with van der Waals surface area (Å²) in [5.41, 5.74) is 1.02. The molecule has 0 saturated heterocycles. The Morgan fingerprint density at radius 1 is 1.40 bits per heavy atom. The van der Waals surface area contributed by atoms with E-state index in [1.54, 1.807) is 6.92 Å². The molecule has 0 aliphatic carbocycles. The first-order valence-electron chi connectivity index (χ1n) is 4.96. The Labute approximate surface area is 95.4 Å². The molecule has 3 nitrogen and oxygen atoms in total. The third-order valence-electron chi connectivity index (χ3n) is 1.80. The van der Waals surface area contributed by atoms with Crippen molar-refractivity contribution in [2.45, 2.75) is 38.5 Å². The molecule has 0 aromatic carbocycles. The summed E-state index contributed by atoms with van der Waals surface area (Å²) in [7, 11) is 0. The molecule has 0 aliphatic heterocycles. The molecule has 0 heterocycles. The average molecular weight is 233 g/mol. The number of esters is 1. The lowest BCUT2D eigenvalue weighted by Gasteiger charge is -2.07. The number of carbonyl (C=O) groups is 2. The van der Waals surface area contributed by atoms with E-state index in [9.17, 15) is 9.59 Å². The standard InChI is InChI=1S/C11H17ClO3/c1-4-15-11(14)10(12)9(13)7-5-6-8(2)3/h10H,2,4-7H2,1,3H3/t10-/m1/s1. The molecule has 0 unspecified atom stereocenters. The maximum absolute atomic E-state index is 11.4. The van der Waals surface area contributed by atoms with Crippen LogP contribution in [-0.4, -0.2) is 23.7 Å². The molecular weight excluding hydrogens is 216 g/mol. The second-order valence-electron chi connectivity index (χ2n) is 3.39. The fourth-order valence-electron chi connectivity index (χ4n) is 1.04.